The first-order valence-corrected chi connectivity index (χ1v) is 6.56. The minimum atomic E-state index is 0.634. The molecule has 20 heavy (non-hydrogen) atoms. The van der Waals surface area contributed by atoms with Gasteiger partial charge < -0.3 is 14.4 Å². The van der Waals surface area contributed by atoms with Crippen LogP contribution in [-0.2, 0) is 0 Å². The summed E-state index contributed by atoms with van der Waals surface area (Å²) in [5.74, 6) is 1.29. The molecular weight excluding hydrogens is 274 g/mol. The van der Waals surface area contributed by atoms with Crippen LogP contribution in [0.25, 0.3) is 11.1 Å². The van der Waals surface area contributed by atoms with Crippen LogP contribution in [0.1, 0.15) is 0 Å². The lowest BCUT2D eigenvalue weighted by Gasteiger charge is -2.16. The molecule has 3 nitrogen and oxygen atoms in total. The molecule has 105 valence electrons. The lowest BCUT2D eigenvalue weighted by Crippen LogP contribution is -2.08. The normalized spacial score (nSPS) is 10.2. The van der Waals surface area contributed by atoms with Crippen molar-refractivity contribution < 1.29 is 9.47 Å². The third-order valence-electron chi connectivity index (χ3n) is 3.08. The summed E-state index contributed by atoms with van der Waals surface area (Å²) < 4.78 is 10.7. The van der Waals surface area contributed by atoms with E-state index in [9.17, 15) is 0 Å². The van der Waals surface area contributed by atoms with Crippen LogP contribution < -0.4 is 14.4 Å². The summed E-state index contributed by atoms with van der Waals surface area (Å²) in [5.41, 5.74) is 2.70. The molecule has 2 aromatic carbocycles. The van der Waals surface area contributed by atoms with Crippen molar-refractivity contribution in [1.82, 2.24) is 0 Å². The molecule has 0 saturated heterocycles. The first kappa shape index (κ1) is 14.5. The van der Waals surface area contributed by atoms with Gasteiger partial charge in [0.2, 0.25) is 0 Å². The second-order valence-corrected chi connectivity index (χ2v) is 4.92. The van der Waals surface area contributed by atoms with E-state index in [1.165, 1.54) is 0 Å². The van der Waals surface area contributed by atoms with E-state index in [4.69, 9.17) is 21.1 Å². The topological polar surface area (TPSA) is 21.7 Å². The molecule has 2 aromatic rings. The lowest BCUT2D eigenvalue weighted by atomic mass is 10.0. The van der Waals surface area contributed by atoms with E-state index >= 15 is 0 Å². The second-order valence-electron chi connectivity index (χ2n) is 4.51. The Kier molecular flexibility index (Phi) is 4.40. The molecule has 1 radical (unpaired) electrons. The Morgan fingerprint density at radius 1 is 1.10 bits per heavy atom. The van der Waals surface area contributed by atoms with Gasteiger partial charge in [-0.15, -0.1) is 0 Å². The Balaban J connectivity index is 2.57. The maximum atomic E-state index is 6.39. The lowest BCUT2D eigenvalue weighted by molar-refractivity contribution is 0.356. The van der Waals surface area contributed by atoms with Crippen LogP contribution in [0.2, 0.25) is 5.02 Å². The first-order chi connectivity index (χ1) is 9.58. The fourth-order valence-corrected chi connectivity index (χ4v) is 2.28. The number of ether oxygens (including phenoxy) is 2. The third-order valence-corrected chi connectivity index (χ3v) is 3.39. The zero-order valence-corrected chi connectivity index (χ0v) is 12.8. The number of methoxy groups -OCH3 is 2. The maximum absolute atomic E-state index is 6.39. The van der Waals surface area contributed by atoms with E-state index in [1.807, 2.05) is 43.3 Å². The van der Waals surface area contributed by atoms with Crippen molar-refractivity contribution in [3.8, 4) is 22.6 Å². The summed E-state index contributed by atoms with van der Waals surface area (Å²) in [5, 5.41) is 0.652. The minimum absolute atomic E-state index is 0.634. The van der Waals surface area contributed by atoms with E-state index < -0.39 is 0 Å². The van der Waals surface area contributed by atoms with Crippen molar-refractivity contribution in [1.29, 1.82) is 0 Å². The molecule has 0 fully saturated rings. The highest BCUT2D eigenvalue weighted by Gasteiger charge is 2.14. The van der Waals surface area contributed by atoms with Crippen molar-refractivity contribution in [3.63, 3.8) is 0 Å². The molecule has 0 aliphatic rings. The summed E-state index contributed by atoms with van der Waals surface area (Å²) in [4.78, 5) is 2.00. The fraction of sp³-hybridized carbons (Fsp3) is 0.250. The number of hydrogen-bond acceptors (Lipinski definition) is 3. The Labute approximate surface area is 124 Å². The Morgan fingerprint density at radius 2 is 1.85 bits per heavy atom. The Hall–Kier alpha value is -1.87. The van der Waals surface area contributed by atoms with Crippen molar-refractivity contribution >= 4 is 17.3 Å². The predicted octanol–water partition coefficient (Wildman–Crippen LogP) is 3.89. The molecule has 0 aliphatic heterocycles. The molecule has 0 bridgehead atoms. The van der Waals surface area contributed by atoms with Crippen molar-refractivity contribution in [2.24, 2.45) is 0 Å². The third kappa shape index (κ3) is 2.68. The average molecular weight is 291 g/mol. The van der Waals surface area contributed by atoms with Gasteiger partial charge in [-0.25, -0.2) is 0 Å². The van der Waals surface area contributed by atoms with Crippen LogP contribution in [0.4, 0.5) is 5.69 Å². The molecule has 0 amide bonds. The van der Waals surface area contributed by atoms with Gasteiger partial charge in [-0.3, -0.25) is 0 Å². The highest BCUT2D eigenvalue weighted by atomic mass is 35.5. The monoisotopic (exact) mass is 290 g/mol. The van der Waals surface area contributed by atoms with E-state index in [2.05, 4.69) is 6.07 Å². The number of anilines is 1. The predicted molar refractivity (Wildman–Crippen MR) is 83.2 cm³/mol. The molecule has 0 unspecified atom stereocenters. The van der Waals surface area contributed by atoms with Gasteiger partial charge >= 0.3 is 0 Å². The summed E-state index contributed by atoms with van der Waals surface area (Å²) >= 11 is 6.39. The van der Waals surface area contributed by atoms with Gasteiger partial charge in [-0.05, 0) is 30.3 Å². The molecule has 0 N–H and O–H groups in total. The zero-order chi connectivity index (χ0) is 14.7. The smallest absolute Gasteiger partial charge is 0.169 e. The first-order valence-electron chi connectivity index (χ1n) is 6.18. The second kappa shape index (κ2) is 6.06. The standard InChI is InChI=1S/C16H17ClNO2/c1-18(2)11-8-9-12(14(17)10-11)13-6-5-7-15(19-3)16(13)20-4/h5,7-10H,1-4H3. The summed E-state index contributed by atoms with van der Waals surface area (Å²) in [6.45, 7) is 0. The molecule has 0 spiro atoms. The molecule has 4 heteroatoms. The Morgan fingerprint density at radius 3 is 2.40 bits per heavy atom. The van der Waals surface area contributed by atoms with Gasteiger partial charge in [0.1, 0.15) is 0 Å². The number of benzene rings is 2. The van der Waals surface area contributed by atoms with Gasteiger partial charge in [0.15, 0.2) is 11.5 Å². The van der Waals surface area contributed by atoms with Crippen molar-refractivity contribution in [2.45, 2.75) is 0 Å². The number of halogens is 1. The van der Waals surface area contributed by atoms with E-state index in [1.54, 1.807) is 20.3 Å². The van der Waals surface area contributed by atoms with Crippen molar-refractivity contribution in [2.75, 3.05) is 33.2 Å². The van der Waals surface area contributed by atoms with Gasteiger partial charge in [0.25, 0.3) is 0 Å². The van der Waals surface area contributed by atoms with Crippen LogP contribution >= 0.6 is 11.6 Å². The van der Waals surface area contributed by atoms with Gasteiger partial charge in [-0.1, -0.05) is 17.7 Å². The Bertz CT molecular complexity index is 611. The summed E-state index contributed by atoms with van der Waals surface area (Å²) in [6.07, 6.45) is 0. The van der Waals surface area contributed by atoms with Crippen LogP contribution in [0.5, 0.6) is 11.5 Å². The fourth-order valence-electron chi connectivity index (χ4n) is 2.01. The van der Waals surface area contributed by atoms with Gasteiger partial charge in [0.05, 0.1) is 19.2 Å². The van der Waals surface area contributed by atoms with Crippen LogP contribution in [0.3, 0.4) is 0 Å². The molecule has 0 aliphatic carbocycles. The minimum Gasteiger partial charge on any atom is -0.493 e. The maximum Gasteiger partial charge on any atom is 0.169 e. The molecule has 0 saturated carbocycles. The molecular formula is C16H17ClNO2. The van der Waals surface area contributed by atoms with E-state index in [-0.39, 0.29) is 0 Å². The summed E-state index contributed by atoms with van der Waals surface area (Å²) in [6, 6.07) is 12.7. The number of rotatable bonds is 4. The van der Waals surface area contributed by atoms with E-state index in [0.29, 0.717) is 16.5 Å². The average Bonchev–Trinajstić information content (AvgIpc) is 2.46. The molecule has 0 atom stereocenters. The number of nitrogens with zero attached hydrogens (tertiary/aromatic N) is 1. The van der Waals surface area contributed by atoms with Crippen LogP contribution in [0, 0.1) is 6.07 Å². The van der Waals surface area contributed by atoms with Gasteiger partial charge in [-0.2, -0.15) is 0 Å². The quantitative estimate of drug-likeness (QED) is 0.853. The zero-order valence-electron chi connectivity index (χ0n) is 12.0. The van der Waals surface area contributed by atoms with Crippen LogP contribution in [0.15, 0.2) is 30.3 Å². The van der Waals surface area contributed by atoms with Crippen LogP contribution in [-0.4, -0.2) is 28.3 Å². The SMILES string of the molecule is COc1cc[c]c(-c2ccc(N(C)C)cc2Cl)c1OC. The summed E-state index contributed by atoms with van der Waals surface area (Å²) in [7, 11) is 7.17. The molecule has 2 rings (SSSR count). The highest BCUT2D eigenvalue weighted by Crippen LogP contribution is 2.41. The van der Waals surface area contributed by atoms with E-state index in [0.717, 1.165) is 16.8 Å². The van der Waals surface area contributed by atoms with Gasteiger partial charge in [0, 0.05) is 30.9 Å². The van der Waals surface area contributed by atoms with Crippen molar-refractivity contribution in [3.05, 3.63) is 41.4 Å². The molecule has 0 heterocycles. The highest BCUT2D eigenvalue weighted by molar-refractivity contribution is 6.33. The number of hydrogen-bond donors (Lipinski definition) is 0. The molecule has 0 aromatic heterocycles. The largest absolute Gasteiger partial charge is 0.493 e.